The molecule has 1 heterocycles. The number of amides is 2. The highest BCUT2D eigenvalue weighted by Crippen LogP contribution is 2.22. The maximum Gasteiger partial charge on any atom is 0.265 e. The van der Waals surface area contributed by atoms with E-state index in [4.69, 9.17) is 12.2 Å². The number of hydrogen-bond donors (Lipinski definition) is 2. The Kier molecular flexibility index (Phi) is 5.71. The number of thiocarbonyl (C=S) groups is 1. The Labute approximate surface area is 151 Å². The average Bonchev–Trinajstić information content (AvgIpc) is 2.54. The zero-order valence-corrected chi connectivity index (χ0v) is 14.8. The molecule has 0 spiro atoms. The largest absolute Gasteiger partial charge is 0.508 e. The summed E-state index contributed by atoms with van der Waals surface area (Å²) in [4.78, 5) is 28.0. The van der Waals surface area contributed by atoms with Crippen LogP contribution in [-0.2, 0) is 9.59 Å². The summed E-state index contributed by atoms with van der Waals surface area (Å²) in [5, 5.41) is 12.0. The standard InChI is InChI=1S/C18H19N3O3S/c1-4-9-21-17(24)15(16(23)19-18(21)25)10-13(11-20(2)3)12-5-7-14(22)8-6-12/h4-8,10-11,22H,1,9H2,2-3H3,(H,19,23,25)/b13-11-,15-10+. The number of hydrogen-bond acceptors (Lipinski definition) is 5. The molecule has 1 aromatic carbocycles. The van der Waals surface area contributed by atoms with Crippen LogP contribution in [0.25, 0.3) is 5.57 Å². The lowest BCUT2D eigenvalue weighted by atomic mass is 10.0. The monoisotopic (exact) mass is 357 g/mol. The van der Waals surface area contributed by atoms with Gasteiger partial charge in [0.15, 0.2) is 5.11 Å². The van der Waals surface area contributed by atoms with Crippen LogP contribution in [-0.4, -0.2) is 52.5 Å². The van der Waals surface area contributed by atoms with Crippen molar-refractivity contribution in [1.82, 2.24) is 15.1 Å². The van der Waals surface area contributed by atoms with Gasteiger partial charge in [-0.2, -0.15) is 0 Å². The summed E-state index contributed by atoms with van der Waals surface area (Å²) in [5.41, 5.74) is 1.38. The number of benzene rings is 1. The number of allylic oxidation sites excluding steroid dienone is 2. The van der Waals surface area contributed by atoms with Crippen LogP contribution in [0, 0.1) is 0 Å². The molecule has 0 bridgehead atoms. The quantitative estimate of drug-likeness (QED) is 0.363. The van der Waals surface area contributed by atoms with Crippen molar-refractivity contribution in [3.63, 3.8) is 0 Å². The van der Waals surface area contributed by atoms with E-state index in [2.05, 4.69) is 11.9 Å². The Morgan fingerprint density at radius 1 is 1.32 bits per heavy atom. The molecule has 0 atom stereocenters. The van der Waals surface area contributed by atoms with Crippen LogP contribution >= 0.6 is 12.2 Å². The SMILES string of the molecule is C=CCN1C(=O)/C(=C/C(=C/N(C)C)c2ccc(O)cc2)C(=O)NC1=S. The Bertz CT molecular complexity index is 779. The van der Waals surface area contributed by atoms with Crippen LogP contribution in [0.1, 0.15) is 5.56 Å². The summed E-state index contributed by atoms with van der Waals surface area (Å²) in [5.74, 6) is -0.884. The number of carbonyl (C=O) groups excluding carboxylic acids is 2. The van der Waals surface area contributed by atoms with Gasteiger partial charge in [0.2, 0.25) is 0 Å². The van der Waals surface area contributed by atoms with Gasteiger partial charge in [-0.15, -0.1) is 6.58 Å². The summed E-state index contributed by atoms with van der Waals surface area (Å²) in [6.45, 7) is 3.81. The maximum atomic E-state index is 12.6. The van der Waals surface area contributed by atoms with E-state index < -0.39 is 11.8 Å². The van der Waals surface area contributed by atoms with Crippen LogP contribution < -0.4 is 5.32 Å². The van der Waals surface area contributed by atoms with Gasteiger partial charge in [0.05, 0.1) is 0 Å². The van der Waals surface area contributed by atoms with Crippen LogP contribution in [0.2, 0.25) is 0 Å². The molecule has 1 aliphatic rings. The minimum Gasteiger partial charge on any atom is -0.508 e. The predicted molar refractivity (Wildman–Crippen MR) is 101 cm³/mol. The molecule has 1 aliphatic heterocycles. The summed E-state index contributed by atoms with van der Waals surface area (Å²) in [6, 6.07) is 6.50. The second-order valence-corrected chi connectivity index (χ2v) is 6.00. The van der Waals surface area contributed by atoms with Crippen LogP contribution in [0.15, 0.2) is 54.8 Å². The van der Waals surface area contributed by atoms with E-state index in [-0.39, 0.29) is 23.0 Å². The van der Waals surface area contributed by atoms with Gasteiger partial charge in [-0.3, -0.25) is 19.8 Å². The van der Waals surface area contributed by atoms with Crippen molar-refractivity contribution < 1.29 is 14.7 Å². The zero-order valence-electron chi connectivity index (χ0n) is 14.0. The molecule has 0 aliphatic carbocycles. The molecule has 0 saturated carbocycles. The Balaban J connectivity index is 2.48. The van der Waals surface area contributed by atoms with E-state index in [1.165, 1.54) is 17.1 Å². The lowest BCUT2D eigenvalue weighted by Crippen LogP contribution is -2.53. The van der Waals surface area contributed by atoms with E-state index in [1.54, 1.807) is 35.4 Å². The van der Waals surface area contributed by atoms with Gasteiger partial charge >= 0.3 is 0 Å². The third-order valence-corrected chi connectivity index (χ3v) is 3.72. The minimum atomic E-state index is -0.543. The van der Waals surface area contributed by atoms with Gasteiger partial charge in [-0.1, -0.05) is 18.2 Å². The highest BCUT2D eigenvalue weighted by Gasteiger charge is 2.32. The number of rotatable bonds is 5. The van der Waals surface area contributed by atoms with Crippen molar-refractivity contribution in [2.45, 2.75) is 0 Å². The molecular formula is C18H19N3O3S. The van der Waals surface area contributed by atoms with E-state index in [9.17, 15) is 14.7 Å². The molecule has 1 aromatic rings. The summed E-state index contributed by atoms with van der Waals surface area (Å²) in [6.07, 6.45) is 4.84. The molecule has 2 amide bonds. The molecule has 0 aromatic heterocycles. The van der Waals surface area contributed by atoms with E-state index in [0.717, 1.165) is 5.56 Å². The number of nitrogens with one attached hydrogen (secondary N) is 1. The van der Waals surface area contributed by atoms with Gasteiger partial charge in [-0.25, -0.2) is 0 Å². The summed E-state index contributed by atoms with van der Waals surface area (Å²) < 4.78 is 0. The molecule has 1 fully saturated rings. The zero-order chi connectivity index (χ0) is 18.6. The minimum absolute atomic E-state index is 0.0170. The summed E-state index contributed by atoms with van der Waals surface area (Å²) >= 11 is 5.04. The molecule has 25 heavy (non-hydrogen) atoms. The highest BCUT2D eigenvalue weighted by molar-refractivity contribution is 7.80. The van der Waals surface area contributed by atoms with Gasteiger partial charge in [0.25, 0.3) is 11.8 Å². The van der Waals surface area contributed by atoms with Gasteiger partial charge in [0.1, 0.15) is 11.3 Å². The predicted octanol–water partition coefficient (Wildman–Crippen LogP) is 1.65. The number of aromatic hydroxyl groups is 1. The Morgan fingerprint density at radius 2 is 1.96 bits per heavy atom. The topological polar surface area (TPSA) is 72.9 Å². The number of phenols is 1. The first kappa shape index (κ1) is 18.4. The van der Waals surface area contributed by atoms with Crippen molar-refractivity contribution in [2.75, 3.05) is 20.6 Å². The lowest BCUT2D eigenvalue weighted by Gasteiger charge is -2.28. The van der Waals surface area contributed by atoms with E-state index in [1.807, 2.05) is 14.1 Å². The smallest absolute Gasteiger partial charge is 0.265 e. The molecule has 2 rings (SSSR count). The van der Waals surface area contributed by atoms with Gasteiger partial charge < -0.3 is 10.0 Å². The Morgan fingerprint density at radius 3 is 2.52 bits per heavy atom. The highest BCUT2D eigenvalue weighted by atomic mass is 32.1. The van der Waals surface area contributed by atoms with Crippen molar-refractivity contribution in [3.8, 4) is 5.75 Å². The number of carbonyl (C=O) groups is 2. The van der Waals surface area contributed by atoms with Crippen molar-refractivity contribution in [2.24, 2.45) is 0 Å². The average molecular weight is 357 g/mol. The van der Waals surface area contributed by atoms with E-state index in [0.29, 0.717) is 5.57 Å². The second kappa shape index (κ2) is 7.76. The first-order valence-corrected chi connectivity index (χ1v) is 7.91. The second-order valence-electron chi connectivity index (χ2n) is 5.62. The van der Waals surface area contributed by atoms with Crippen molar-refractivity contribution >= 4 is 34.7 Å². The van der Waals surface area contributed by atoms with Crippen LogP contribution in [0.5, 0.6) is 5.75 Å². The molecule has 2 N–H and O–H groups in total. The normalized spacial score (nSPS) is 16.9. The lowest BCUT2D eigenvalue weighted by molar-refractivity contribution is -0.128. The molecule has 1 saturated heterocycles. The fourth-order valence-corrected chi connectivity index (χ4v) is 2.52. The van der Waals surface area contributed by atoms with Crippen molar-refractivity contribution in [1.29, 1.82) is 0 Å². The molecule has 6 nitrogen and oxygen atoms in total. The third kappa shape index (κ3) is 4.33. The van der Waals surface area contributed by atoms with Crippen LogP contribution in [0.3, 0.4) is 0 Å². The van der Waals surface area contributed by atoms with Crippen LogP contribution in [0.4, 0.5) is 0 Å². The fourth-order valence-electron chi connectivity index (χ4n) is 2.27. The molecule has 0 unspecified atom stereocenters. The first-order chi connectivity index (χ1) is 11.8. The maximum absolute atomic E-state index is 12.6. The number of phenolic OH excluding ortho intramolecular Hbond substituents is 1. The molecule has 0 radical (unpaired) electrons. The summed E-state index contributed by atoms with van der Waals surface area (Å²) in [7, 11) is 3.67. The molecular weight excluding hydrogens is 338 g/mol. The Hall–Kier alpha value is -2.93. The van der Waals surface area contributed by atoms with Crippen molar-refractivity contribution in [3.05, 3.63) is 60.3 Å². The fraction of sp³-hybridized carbons (Fsp3) is 0.167. The molecule has 7 heteroatoms. The number of nitrogens with zero attached hydrogens (tertiary/aromatic N) is 2. The third-order valence-electron chi connectivity index (χ3n) is 3.40. The first-order valence-electron chi connectivity index (χ1n) is 7.51. The van der Waals surface area contributed by atoms with Gasteiger partial charge in [0, 0.05) is 26.8 Å². The molecule has 130 valence electrons. The van der Waals surface area contributed by atoms with E-state index >= 15 is 0 Å². The van der Waals surface area contributed by atoms with Gasteiger partial charge in [-0.05, 0) is 41.6 Å².